The van der Waals surface area contributed by atoms with Gasteiger partial charge in [-0.3, -0.25) is 0 Å². The standard InChI is InChI=1S/C62H40N2O/c1-4-17-41(18-5-1)45-38-56(42-19-6-2-7-20-42)61-57(39-45)54-28-16-29-58(62(54)64(61)46-22-8-3-9-23-46)63(48-35-36-53-52-27-14-15-30-59(52)65-60(53)40-48)47-33-31-43(32-34-47)55-37-44-21-10-11-24-49(44)50-25-12-13-26-51(50)55/h1-40H. The molecule has 3 heteroatoms. The Labute approximate surface area is 376 Å². The first-order valence-electron chi connectivity index (χ1n) is 22.2. The minimum atomic E-state index is 0.850. The highest BCUT2D eigenvalue weighted by Crippen LogP contribution is 2.48. The molecule has 0 bridgehead atoms. The van der Waals surface area contributed by atoms with E-state index in [1.165, 1.54) is 65.7 Å². The van der Waals surface area contributed by atoms with Crippen LogP contribution in [0.1, 0.15) is 0 Å². The largest absolute Gasteiger partial charge is 0.456 e. The van der Waals surface area contributed by atoms with Crippen molar-refractivity contribution >= 4 is 82.4 Å². The number of fused-ring (bicyclic) bond motifs is 9. The maximum atomic E-state index is 6.58. The van der Waals surface area contributed by atoms with Gasteiger partial charge in [-0.15, -0.1) is 0 Å². The van der Waals surface area contributed by atoms with E-state index >= 15 is 0 Å². The Morgan fingerprint density at radius 3 is 1.69 bits per heavy atom. The van der Waals surface area contributed by atoms with Crippen LogP contribution in [-0.4, -0.2) is 4.57 Å². The third kappa shape index (κ3) is 6.05. The lowest BCUT2D eigenvalue weighted by atomic mass is 9.93. The van der Waals surface area contributed by atoms with Gasteiger partial charge >= 0.3 is 0 Å². The second kappa shape index (κ2) is 15.0. The number of furan rings is 1. The van der Waals surface area contributed by atoms with E-state index in [0.717, 1.165) is 55.7 Å². The van der Waals surface area contributed by atoms with Crippen molar-refractivity contribution in [3.05, 3.63) is 243 Å². The van der Waals surface area contributed by atoms with Crippen LogP contribution in [0.2, 0.25) is 0 Å². The normalized spacial score (nSPS) is 11.7. The van der Waals surface area contributed by atoms with Crippen LogP contribution in [-0.2, 0) is 0 Å². The lowest BCUT2D eigenvalue weighted by molar-refractivity contribution is 0.669. The molecule has 0 unspecified atom stereocenters. The molecule has 0 amide bonds. The van der Waals surface area contributed by atoms with Gasteiger partial charge in [0.2, 0.25) is 0 Å². The van der Waals surface area contributed by atoms with Gasteiger partial charge in [0.05, 0.1) is 16.7 Å². The summed E-state index contributed by atoms with van der Waals surface area (Å²) < 4.78 is 9.07. The molecule has 0 aliphatic heterocycles. The average molecular weight is 829 g/mol. The Kier molecular flexibility index (Phi) is 8.53. The molecule has 0 atom stereocenters. The molecule has 0 spiro atoms. The van der Waals surface area contributed by atoms with Crippen molar-refractivity contribution in [3.63, 3.8) is 0 Å². The molecule has 13 aromatic rings. The number of rotatable bonds is 7. The van der Waals surface area contributed by atoms with Gasteiger partial charge in [0.1, 0.15) is 11.2 Å². The van der Waals surface area contributed by atoms with Gasteiger partial charge in [0.15, 0.2) is 0 Å². The van der Waals surface area contributed by atoms with E-state index in [0.29, 0.717) is 0 Å². The second-order valence-electron chi connectivity index (χ2n) is 16.8. The molecule has 13 rings (SSSR count). The summed E-state index contributed by atoms with van der Waals surface area (Å²) in [6, 6.07) is 87.8. The summed E-state index contributed by atoms with van der Waals surface area (Å²) in [5.41, 5.74) is 15.3. The SMILES string of the molecule is c1ccc(-c2cc(-c3ccccc3)c3c(c2)c2cccc(N(c4ccc(-c5cc6ccccc6c6ccccc56)cc4)c4ccc5c(c4)oc4ccccc45)c2n3-c2ccccc2)cc1. The third-order valence-corrected chi connectivity index (χ3v) is 13.1. The zero-order valence-electron chi connectivity index (χ0n) is 35.4. The van der Waals surface area contributed by atoms with E-state index < -0.39 is 0 Å². The minimum absolute atomic E-state index is 0.850. The van der Waals surface area contributed by atoms with Crippen molar-refractivity contribution in [2.24, 2.45) is 0 Å². The van der Waals surface area contributed by atoms with Crippen molar-refractivity contribution in [2.75, 3.05) is 4.90 Å². The number of hydrogen-bond donors (Lipinski definition) is 0. The summed E-state index contributed by atoms with van der Waals surface area (Å²) in [5.74, 6) is 0. The summed E-state index contributed by atoms with van der Waals surface area (Å²) in [6.45, 7) is 0. The van der Waals surface area contributed by atoms with Crippen LogP contribution >= 0.6 is 0 Å². The number of benzene rings is 11. The summed E-state index contributed by atoms with van der Waals surface area (Å²) in [4.78, 5) is 2.41. The van der Waals surface area contributed by atoms with E-state index in [9.17, 15) is 0 Å². The predicted molar refractivity (Wildman–Crippen MR) is 274 cm³/mol. The fourth-order valence-electron chi connectivity index (χ4n) is 10.2. The monoisotopic (exact) mass is 828 g/mol. The number of hydrogen-bond acceptors (Lipinski definition) is 2. The van der Waals surface area contributed by atoms with E-state index in [-0.39, 0.29) is 0 Å². The highest BCUT2D eigenvalue weighted by Gasteiger charge is 2.25. The Morgan fingerprint density at radius 1 is 0.308 bits per heavy atom. The first kappa shape index (κ1) is 36.9. The van der Waals surface area contributed by atoms with Gasteiger partial charge < -0.3 is 13.9 Å². The van der Waals surface area contributed by atoms with Crippen LogP contribution in [0.4, 0.5) is 17.1 Å². The lowest BCUT2D eigenvalue weighted by Gasteiger charge is -2.27. The van der Waals surface area contributed by atoms with E-state index in [4.69, 9.17) is 4.42 Å². The molecule has 0 aliphatic carbocycles. The van der Waals surface area contributed by atoms with Gasteiger partial charge in [-0.25, -0.2) is 0 Å². The Hall–Kier alpha value is -8.66. The molecular weight excluding hydrogens is 789 g/mol. The maximum Gasteiger partial charge on any atom is 0.137 e. The van der Waals surface area contributed by atoms with Gasteiger partial charge in [-0.1, -0.05) is 170 Å². The van der Waals surface area contributed by atoms with E-state index in [2.05, 4.69) is 246 Å². The zero-order valence-corrected chi connectivity index (χ0v) is 35.4. The smallest absolute Gasteiger partial charge is 0.137 e. The van der Waals surface area contributed by atoms with E-state index in [1.807, 2.05) is 6.07 Å². The van der Waals surface area contributed by atoms with Crippen LogP contribution in [0.5, 0.6) is 0 Å². The molecule has 0 aliphatic rings. The second-order valence-corrected chi connectivity index (χ2v) is 16.8. The summed E-state index contributed by atoms with van der Waals surface area (Å²) >= 11 is 0. The molecule has 11 aromatic carbocycles. The fourth-order valence-corrected chi connectivity index (χ4v) is 10.2. The van der Waals surface area contributed by atoms with Crippen molar-refractivity contribution in [3.8, 4) is 39.1 Å². The van der Waals surface area contributed by atoms with Crippen molar-refractivity contribution in [2.45, 2.75) is 0 Å². The van der Waals surface area contributed by atoms with Gasteiger partial charge in [0.25, 0.3) is 0 Å². The number of nitrogens with zero attached hydrogens (tertiary/aromatic N) is 2. The first-order valence-corrected chi connectivity index (χ1v) is 22.2. The third-order valence-electron chi connectivity index (χ3n) is 13.1. The van der Waals surface area contributed by atoms with Crippen molar-refractivity contribution in [1.82, 2.24) is 4.57 Å². The summed E-state index contributed by atoms with van der Waals surface area (Å²) in [7, 11) is 0. The molecule has 304 valence electrons. The molecule has 3 nitrogen and oxygen atoms in total. The molecule has 2 heterocycles. The van der Waals surface area contributed by atoms with Gasteiger partial charge in [-0.2, -0.15) is 0 Å². The summed E-state index contributed by atoms with van der Waals surface area (Å²) in [6.07, 6.45) is 0. The van der Waals surface area contributed by atoms with E-state index in [1.54, 1.807) is 0 Å². The van der Waals surface area contributed by atoms with Crippen LogP contribution in [0.3, 0.4) is 0 Å². The van der Waals surface area contributed by atoms with Crippen LogP contribution in [0.15, 0.2) is 247 Å². The molecule has 2 aromatic heterocycles. The highest BCUT2D eigenvalue weighted by atomic mass is 16.3. The topological polar surface area (TPSA) is 21.3 Å². The van der Waals surface area contributed by atoms with Crippen molar-refractivity contribution in [1.29, 1.82) is 0 Å². The van der Waals surface area contributed by atoms with Crippen LogP contribution in [0, 0.1) is 0 Å². The van der Waals surface area contributed by atoms with Crippen LogP contribution < -0.4 is 4.90 Å². The molecule has 0 saturated heterocycles. The Morgan fingerprint density at radius 2 is 0.908 bits per heavy atom. The molecule has 0 N–H and O–H groups in total. The molecule has 65 heavy (non-hydrogen) atoms. The predicted octanol–water partition coefficient (Wildman–Crippen LogP) is 17.5. The molecule has 0 fully saturated rings. The van der Waals surface area contributed by atoms with Gasteiger partial charge in [0, 0.05) is 50.2 Å². The average Bonchev–Trinajstić information content (AvgIpc) is 3.93. The quantitative estimate of drug-likeness (QED) is 0.149. The van der Waals surface area contributed by atoms with Gasteiger partial charge in [-0.05, 0) is 116 Å². The molecule has 0 saturated carbocycles. The van der Waals surface area contributed by atoms with Crippen LogP contribution in [0.25, 0.3) is 104 Å². The molecular formula is C62H40N2O. The van der Waals surface area contributed by atoms with Crippen molar-refractivity contribution < 1.29 is 4.42 Å². The summed E-state index contributed by atoms with van der Waals surface area (Å²) in [5, 5.41) is 9.58. The number of aromatic nitrogens is 1. The zero-order chi connectivity index (χ0) is 42.8. The first-order chi connectivity index (χ1) is 32.2. The maximum absolute atomic E-state index is 6.58. The lowest BCUT2D eigenvalue weighted by Crippen LogP contribution is -2.11. The Balaban J connectivity index is 1.10. The highest BCUT2D eigenvalue weighted by molar-refractivity contribution is 6.19. The minimum Gasteiger partial charge on any atom is -0.456 e. The number of anilines is 3. The fraction of sp³-hybridized carbons (Fsp3) is 0. The number of para-hydroxylation sites is 3. The Bertz CT molecular complexity index is 3920. The molecule has 0 radical (unpaired) electrons.